The molecule has 0 radical (unpaired) electrons. The number of esters is 1. The van der Waals surface area contributed by atoms with Crippen LogP contribution in [0.4, 0.5) is 0 Å². The Bertz CT molecular complexity index is 373. The largest absolute Gasteiger partial charge is 0.464 e. The van der Waals surface area contributed by atoms with Crippen molar-refractivity contribution in [1.29, 1.82) is 0 Å². The molecule has 16 heavy (non-hydrogen) atoms. The number of nitrogens with one attached hydrogen (secondary N) is 2. The molecule has 0 bridgehead atoms. The van der Waals surface area contributed by atoms with Gasteiger partial charge >= 0.3 is 5.97 Å². The lowest BCUT2D eigenvalue weighted by Gasteiger charge is -2.01. The molecule has 0 aliphatic heterocycles. The van der Waals surface area contributed by atoms with Gasteiger partial charge in [0.15, 0.2) is 0 Å². The van der Waals surface area contributed by atoms with E-state index in [1.807, 2.05) is 6.07 Å². The molecule has 0 saturated heterocycles. The van der Waals surface area contributed by atoms with Crippen LogP contribution in [0.15, 0.2) is 12.1 Å². The lowest BCUT2D eigenvalue weighted by atomic mass is 10.3. The maximum absolute atomic E-state index is 11.2. The van der Waals surface area contributed by atoms with Gasteiger partial charge < -0.3 is 15.0 Å². The number of ether oxygens (including phenoxy) is 1. The van der Waals surface area contributed by atoms with Gasteiger partial charge in [-0.15, -0.1) is 0 Å². The smallest absolute Gasteiger partial charge is 0.354 e. The van der Waals surface area contributed by atoms with Crippen LogP contribution in [0.5, 0.6) is 0 Å². The van der Waals surface area contributed by atoms with Crippen LogP contribution in [0.2, 0.25) is 0 Å². The molecule has 1 aliphatic carbocycles. The first kappa shape index (κ1) is 11.2. The average molecular weight is 222 g/mol. The SMILES string of the molecule is COC(=O)c1ccc(CNCC2CC2C)[nH]1. The number of rotatable bonds is 5. The second-order valence-corrected chi connectivity index (χ2v) is 4.49. The van der Waals surface area contributed by atoms with Crippen molar-refractivity contribution in [3.8, 4) is 0 Å². The summed E-state index contributed by atoms with van der Waals surface area (Å²) in [4.78, 5) is 14.2. The highest BCUT2D eigenvalue weighted by Crippen LogP contribution is 2.36. The monoisotopic (exact) mass is 222 g/mol. The van der Waals surface area contributed by atoms with Gasteiger partial charge in [-0.3, -0.25) is 0 Å². The predicted molar refractivity (Wildman–Crippen MR) is 61.1 cm³/mol. The van der Waals surface area contributed by atoms with Crippen molar-refractivity contribution in [1.82, 2.24) is 10.3 Å². The Morgan fingerprint density at radius 1 is 1.62 bits per heavy atom. The van der Waals surface area contributed by atoms with Gasteiger partial charge in [0.1, 0.15) is 5.69 Å². The standard InChI is InChI=1S/C12H18N2O2/c1-8-5-9(8)6-13-7-10-3-4-11(14-10)12(15)16-2/h3-4,8-9,13-14H,5-7H2,1-2H3. The highest BCUT2D eigenvalue weighted by atomic mass is 16.5. The Morgan fingerprint density at radius 3 is 3.00 bits per heavy atom. The first-order valence-corrected chi connectivity index (χ1v) is 5.67. The zero-order valence-corrected chi connectivity index (χ0v) is 9.75. The molecule has 0 aromatic carbocycles. The van der Waals surface area contributed by atoms with E-state index in [9.17, 15) is 4.79 Å². The van der Waals surface area contributed by atoms with E-state index >= 15 is 0 Å². The molecule has 1 saturated carbocycles. The van der Waals surface area contributed by atoms with E-state index in [0.29, 0.717) is 5.69 Å². The normalized spacial score (nSPS) is 23.1. The minimum atomic E-state index is -0.318. The summed E-state index contributed by atoms with van der Waals surface area (Å²) in [5.74, 6) is 1.40. The third kappa shape index (κ3) is 2.64. The Labute approximate surface area is 95.4 Å². The van der Waals surface area contributed by atoms with Crippen molar-refractivity contribution in [3.63, 3.8) is 0 Å². The van der Waals surface area contributed by atoms with E-state index in [-0.39, 0.29) is 5.97 Å². The minimum absolute atomic E-state index is 0.318. The van der Waals surface area contributed by atoms with Crippen molar-refractivity contribution < 1.29 is 9.53 Å². The summed E-state index contributed by atoms with van der Waals surface area (Å²) in [6.07, 6.45) is 1.34. The first-order valence-electron chi connectivity index (χ1n) is 5.67. The molecule has 2 atom stereocenters. The zero-order chi connectivity index (χ0) is 11.5. The molecule has 1 heterocycles. The van der Waals surface area contributed by atoms with E-state index < -0.39 is 0 Å². The zero-order valence-electron chi connectivity index (χ0n) is 9.75. The van der Waals surface area contributed by atoms with Crippen molar-refractivity contribution in [3.05, 3.63) is 23.5 Å². The lowest BCUT2D eigenvalue weighted by molar-refractivity contribution is 0.0594. The molecule has 1 aromatic rings. The molecular formula is C12H18N2O2. The quantitative estimate of drug-likeness (QED) is 0.743. The van der Waals surface area contributed by atoms with Crippen LogP contribution in [0, 0.1) is 11.8 Å². The highest BCUT2D eigenvalue weighted by molar-refractivity contribution is 5.87. The van der Waals surface area contributed by atoms with Crippen LogP contribution in [0.25, 0.3) is 0 Å². The minimum Gasteiger partial charge on any atom is -0.464 e. The topological polar surface area (TPSA) is 54.1 Å². The number of carbonyl (C=O) groups excluding carboxylic acids is 1. The molecular weight excluding hydrogens is 204 g/mol. The maximum Gasteiger partial charge on any atom is 0.354 e. The van der Waals surface area contributed by atoms with Gasteiger partial charge in [-0.25, -0.2) is 4.79 Å². The van der Waals surface area contributed by atoms with Gasteiger partial charge in [-0.05, 0) is 36.9 Å². The molecule has 1 aliphatic rings. The second kappa shape index (κ2) is 4.70. The Kier molecular flexibility index (Phi) is 3.29. The van der Waals surface area contributed by atoms with E-state index in [2.05, 4.69) is 22.0 Å². The Hall–Kier alpha value is -1.29. The summed E-state index contributed by atoms with van der Waals surface area (Å²) in [6, 6.07) is 3.66. The Morgan fingerprint density at radius 2 is 2.38 bits per heavy atom. The lowest BCUT2D eigenvalue weighted by Crippen LogP contribution is -2.17. The molecule has 1 fully saturated rings. The van der Waals surface area contributed by atoms with Crippen LogP contribution in [-0.2, 0) is 11.3 Å². The van der Waals surface area contributed by atoms with Crippen molar-refractivity contribution >= 4 is 5.97 Å². The van der Waals surface area contributed by atoms with Crippen LogP contribution < -0.4 is 5.32 Å². The van der Waals surface area contributed by atoms with Crippen molar-refractivity contribution in [2.75, 3.05) is 13.7 Å². The molecule has 2 rings (SSSR count). The van der Waals surface area contributed by atoms with Crippen LogP contribution >= 0.6 is 0 Å². The molecule has 2 N–H and O–H groups in total. The summed E-state index contributed by atoms with van der Waals surface area (Å²) < 4.78 is 4.63. The fourth-order valence-corrected chi connectivity index (χ4v) is 1.85. The Balaban J connectivity index is 1.76. The molecule has 4 nitrogen and oxygen atoms in total. The number of hydrogen-bond acceptors (Lipinski definition) is 3. The summed E-state index contributed by atoms with van der Waals surface area (Å²) in [7, 11) is 1.38. The van der Waals surface area contributed by atoms with Gasteiger partial charge in [-0.2, -0.15) is 0 Å². The number of methoxy groups -OCH3 is 1. The average Bonchev–Trinajstić information content (AvgIpc) is 2.81. The summed E-state index contributed by atoms with van der Waals surface area (Å²) in [5, 5.41) is 3.38. The van der Waals surface area contributed by atoms with Crippen LogP contribution in [-0.4, -0.2) is 24.6 Å². The van der Waals surface area contributed by atoms with Gasteiger partial charge in [0.2, 0.25) is 0 Å². The van der Waals surface area contributed by atoms with Crippen molar-refractivity contribution in [2.24, 2.45) is 11.8 Å². The van der Waals surface area contributed by atoms with E-state index in [0.717, 1.165) is 30.6 Å². The fraction of sp³-hybridized carbons (Fsp3) is 0.583. The first-order chi connectivity index (χ1) is 7.70. The van der Waals surface area contributed by atoms with Gasteiger partial charge in [0.25, 0.3) is 0 Å². The van der Waals surface area contributed by atoms with Crippen LogP contribution in [0.3, 0.4) is 0 Å². The van der Waals surface area contributed by atoms with E-state index in [1.165, 1.54) is 13.5 Å². The number of aromatic amines is 1. The van der Waals surface area contributed by atoms with E-state index in [4.69, 9.17) is 0 Å². The number of aromatic nitrogens is 1. The number of H-pyrrole nitrogens is 1. The van der Waals surface area contributed by atoms with Crippen LogP contribution in [0.1, 0.15) is 29.5 Å². The molecule has 88 valence electrons. The fourth-order valence-electron chi connectivity index (χ4n) is 1.85. The summed E-state index contributed by atoms with van der Waals surface area (Å²) in [6.45, 7) is 4.12. The van der Waals surface area contributed by atoms with Gasteiger partial charge in [0, 0.05) is 12.2 Å². The third-order valence-electron chi connectivity index (χ3n) is 3.15. The predicted octanol–water partition coefficient (Wildman–Crippen LogP) is 1.55. The second-order valence-electron chi connectivity index (χ2n) is 4.49. The molecule has 2 unspecified atom stereocenters. The number of carbonyl (C=O) groups is 1. The van der Waals surface area contributed by atoms with Crippen molar-refractivity contribution in [2.45, 2.75) is 19.9 Å². The molecule has 1 aromatic heterocycles. The number of hydrogen-bond donors (Lipinski definition) is 2. The highest BCUT2D eigenvalue weighted by Gasteiger charge is 2.31. The molecule has 0 spiro atoms. The maximum atomic E-state index is 11.2. The van der Waals surface area contributed by atoms with Gasteiger partial charge in [0.05, 0.1) is 7.11 Å². The molecule has 4 heteroatoms. The van der Waals surface area contributed by atoms with Gasteiger partial charge in [-0.1, -0.05) is 6.92 Å². The third-order valence-corrected chi connectivity index (χ3v) is 3.15. The summed E-state index contributed by atoms with van der Waals surface area (Å²) >= 11 is 0. The molecule has 0 amide bonds. The van der Waals surface area contributed by atoms with E-state index in [1.54, 1.807) is 6.07 Å². The summed E-state index contributed by atoms with van der Waals surface area (Å²) in [5.41, 5.74) is 1.53.